The lowest BCUT2D eigenvalue weighted by molar-refractivity contribution is 0.412. The molecular formula is C16H19O2P. The minimum absolute atomic E-state index is 0.743. The molecule has 0 aliphatic rings. The van der Waals surface area contributed by atoms with Gasteiger partial charge in [0, 0.05) is 17.7 Å². The van der Waals surface area contributed by atoms with Crippen LogP contribution in [-0.2, 0) is 9.09 Å². The number of aryl methyl sites for hydroxylation is 3. The smallest absolute Gasteiger partial charge is 0.261 e. The van der Waals surface area contributed by atoms with E-state index in [9.17, 15) is 4.57 Å². The molecule has 2 rings (SSSR count). The van der Waals surface area contributed by atoms with E-state index in [1.807, 2.05) is 51.1 Å². The highest BCUT2D eigenvalue weighted by Crippen LogP contribution is 2.45. The van der Waals surface area contributed by atoms with Crippen LogP contribution in [0.25, 0.3) is 0 Å². The third kappa shape index (κ3) is 2.51. The molecule has 100 valence electrons. The van der Waals surface area contributed by atoms with E-state index in [1.54, 1.807) is 0 Å². The molecule has 0 spiro atoms. The summed E-state index contributed by atoms with van der Waals surface area (Å²) in [5, 5.41) is 1.57. The molecule has 0 bridgehead atoms. The zero-order chi connectivity index (χ0) is 14.0. The van der Waals surface area contributed by atoms with Crippen molar-refractivity contribution < 1.29 is 9.09 Å². The Morgan fingerprint density at radius 1 is 0.947 bits per heavy atom. The van der Waals surface area contributed by atoms with E-state index in [0.29, 0.717) is 0 Å². The largest absolute Gasteiger partial charge is 0.325 e. The molecule has 1 atom stereocenters. The van der Waals surface area contributed by atoms with Gasteiger partial charge in [0.25, 0.3) is 7.37 Å². The van der Waals surface area contributed by atoms with Gasteiger partial charge in [0.2, 0.25) is 0 Å². The lowest BCUT2D eigenvalue weighted by Gasteiger charge is -2.21. The average molecular weight is 274 g/mol. The van der Waals surface area contributed by atoms with Gasteiger partial charge in [-0.2, -0.15) is 0 Å². The standard InChI is InChI=1S/C16H19O2P/c1-12-10-13(2)16(14(3)11-12)19(17,18-4)15-8-6-5-7-9-15/h5-11H,1-4H3. The third-order valence-electron chi connectivity index (χ3n) is 3.28. The maximum atomic E-state index is 13.3. The summed E-state index contributed by atoms with van der Waals surface area (Å²) < 4.78 is 18.8. The second kappa shape index (κ2) is 5.32. The van der Waals surface area contributed by atoms with Crippen molar-refractivity contribution in [1.82, 2.24) is 0 Å². The first kappa shape index (κ1) is 14.0. The first-order valence-corrected chi connectivity index (χ1v) is 7.91. The molecule has 0 fully saturated rings. The molecule has 1 unspecified atom stereocenters. The number of hydrogen-bond acceptors (Lipinski definition) is 2. The number of benzene rings is 2. The summed E-state index contributed by atoms with van der Waals surface area (Å²) in [5.41, 5.74) is 3.22. The lowest BCUT2D eigenvalue weighted by atomic mass is 10.1. The van der Waals surface area contributed by atoms with Crippen LogP contribution in [0.15, 0.2) is 42.5 Å². The Hall–Kier alpha value is -1.37. The van der Waals surface area contributed by atoms with Gasteiger partial charge in [-0.3, -0.25) is 4.57 Å². The van der Waals surface area contributed by atoms with E-state index in [-0.39, 0.29) is 0 Å². The predicted molar refractivity (Wildman–Crippen MR) is 81.0 cm³/mol. The summed E-state index contributed by atoms with van der Waals surface area (Å²) in [6.45, 7) is 6.03. The lowest BCUT2D eigenvalue weighted by Crippen LogP contribution is -2.22. The van der Waals surface area contributed by atoms with Crippen molar-refractivity contribution in [3.05, 3.63) is 59.2 Å². The molecule has 0 aromatic heterocycles. The van der Waals surface area contributed by atoms with Crippen LogP contribution in [0.1, 0.15) is 16.7 Å². The molecule has 19 heavy (non-hydrogen) atoms. The van der Waals surface area contributed by atoms with Gasteiger partial charge in [0.15, 0.2) is 0 Å². The van der Waals surface area contributed by atoms with Gasteiger partial charge in [-0.15, -0.1) is 0 Å². The minimum Gasteiger partial charge on any atom is -0.325 e. The van der Waals surface area contributed by atoms with Crippen molar-refractivity contribution in [2.45, 2.75) is 20.8 Å². The first-order chi connectivity index (χ1) is 8.99. The molecule has 0 amide bonds. The first-order valence-electron chi connectivity index (χ1n) is 6.29. The third-order valence-corrected chi connectivity index (χ3v) is 6.07. The molecule has 3 heteroatoms. The Morgan fingerprint density at radius 2 is 1.47 bits per heavy atom. The van der Waals surface area contributed by atoms with Crippen LogP contribution in [0.3, 0.4) is 0 Å². The summed E-state index contributed by atoms with van der Waals surface area (Å²) in [6, 6.07) is 13.5. The Labute approximate surface area is 114 Å². The van der Waals surface area contributed by atoms with E-state index in [4.69, 9.17) is 4.52 Å². The summed E-state index contributed by atoms with van der Waals surface area (Å²) in [6.07, 6.45) is 0. The van der Waals surface area contributed by atoms with Crippen LogP contribution in [0, 0.1) is 20.8 Å². The van der Waals surface area contributed by atoms with E-state index in [2.05, 4.69) is 12.1 Å². The molecule has 0 aliphatic heterocycles. The fraction of sp³-hybridized carbons (Fsp3) is 0.250. The summed E-state index contributed by atoms with van der Waals surface area (Å²) in [4.78, 5) is 0. The molecule has 2 aromatic rings. The Kier molecular flexibility index (Phi) is 3.93. The van der Waals surface area contributed by atoms with Crippen LogP contribution < -0.4 is 10.6 Å². The Balaban J connectivity index is 2.71. The second-order valence-corrected chi connectivity index (χ2v) is 7.25. The van der Waals surface area contributed by atoms with E-state index in [1.165, 1.54) is 12.7 Å². The van der Waals surface area contributed by atoms with Gasteiger partial charge in [0.1, 0.15) is 0 Å². The molecule has 2 nitrogen and oxygen atoms in total. The summed E-state index contributed by atoms with van der Waals surface area (Å²) >= 11 is 0. The monoisotopic (exact) mass is 274 g/mol. The van der Waals surface area contributed by atoms with Crippen molar-refractivity contribution in [1.29, 1.82) is 0 Å². The van der Waals surface area contributed by atoms with Crippen LogP contribution >= 0.6 is 7.37 Å². The zero-order valence-corrected chi connectivity index (χ0v) is 12.7. The maximum Gasteiger partial charge on any atom is 0.261 e. The van der Waals surface area contributed by atoms with Gasteiger partial charge in [-0.25, -0.2) is 0 Å². The van der Waals surface area contributed by atoms with Gasteiger partial charge in [0.05, 0.1) is 0 Å². The maximum absolute atomic E-state index is 13.3. The highest BCUT2D eigenvalue weighted by molar-refractivity contribution is 7.74. The molecule has 0 heterocycles. The topological polar surface area (TPSA) is 26.3 Å². The molecule has 0 aliphatic carbocycles. The summed E-state index contributed by atoms with van der Waals surface area (Å²) in [7, 11) is -1.48. The van der Waals surface area contributed by atoms with E-state index in [0.717, 1.165) is 21.7 Å². The molecule has 0 saturated carbocycles. The minimum atomic E-state index is -3.00. The predicted octanol–water partition coefficient (Wildman–Crippen LogP) is 3.49. The van der Waals surface area contributed by atoms with Crippen LogP contribution in [0.4, 0.5) is 0 Å². The van der Waals surface area contributed by atoms with Crippen molar-refractivity contribution in [2.24, 2.45) is 0 Å². The number of rotatable bonds is 3. The average Bonchev–Trinajstić information content (AvgIpc) is 2.38. The number of hydrogen-bond donors (Lipinski definition) is 0. The molecule has 0 saturated heterocycles. The fourth-order valence-electron chi connectivity index (χ4n) is 2.59. The molecule has 0 N–H and O–H groups in total. The van der Waals surface area contributed by atoms with Gasteiger partial charge >= 0.3 is 0 Å². The van der Waals surface area contributed by atoms with Crippen molar-refractivity contribution in [2.75, 3.05) is 7.11 Å². The summed E-state index contributed by atoms with van der Waals surface area (Å²) in [5.74, 6) is 0. The highest BCUT2D eigenvalue weighted by Gasteiger charge is 2.30. The van der Waals surface area contributed by atoms with Gasteiger partial charge in [-0.05, 0) is 44.0 Å². The zero-order valence-electron chi connectivity index (χ0n) is 11.8. The fourth-order valence-corrected chi connectivity index (χ4v) is 4.86. The normalized spacial score (nSPS) is 14.1. The Bertz CT molecular complexity index is 609. The molecule has 0 radical (unpaired) electrons. The molecule has 2 aromatic carbocycles. The second-order valence-electron chi connectivity index (χ2n) is 4.82. The van der Waals surface area contributed by atoms with E-state index >= 15 is 0 Å². The van der Waals surface area contributed by atoms with Crippen LogP contribution in [0.2, 0.25) is 0 Å². The van der Waals surface area contributed by atoms with Crippen molar-refractivity contribution in [3.63, 3.8) is 0 Å². The van der Waals surface area contributed by atoms with Gasteiger partial charge < -0.3 is 4.52 Å². The van der Waals surface area contributed by atoms with Crippen molar-refractivity contribution in [3.8, 4) is 0 Å². The highest BCUT2D eigenvalue weighted by atomic mass is 31.2. The van der Waals surface area contributed by atoms with E-state index < -0.39 is 7.37 Å². The van der Waals surface area contributed by atoms with Crippen molar-refractivity contribution >= 4 is 18.0 Å². The quantitative estimate of drug-likeness (QED) is 0.801. The van der Waals surface area contributed by atoms with Crippen LogP contribution in [-0.4, -0.2) is 7.11 Å². The SMILES string of the molecule is COP(=O)(c1ccccc1)c1c(C)cc(C)cc1C. The van der Waals surface area contributed by atoms with Gasteiger partial charge in [-0.1, -0.05) is 35.9 Å². The Morgan fingerprint density at radius 3 is 1.95 bits per heavy atom. The molecular weight excluding hydrogens is 255 g/mol. The van der Waals surface area contributed by atoms with Crippen LogP contribution in [0.5, 0.6) is 0 Å².